The van der Waals surface area contributed by atoms with Gasteiger partial charge in [-0.05, 0) is 18.2 Å². The summed E-state index contributed by atoms with van der Waals surface area (Å²) in [6, 6.07) is 4.80. The second kappa shape index (κ2) is 9.01. The molecule has 6 nitrogen and oxygen atoms in total. The van der Waals surface area contributed by atoms with Gasteiger partial charge < -0.3 is 15.5 Å². The van der Waals surface area contributed by atoms with E-state index >= 15 is 0 Å². The first-order chi connectivity index (χ1) is 12.0. The standard InChI is InChI=1S/C16H16Cl2N4O2S.ClH/c17-10-1-2-11(12(18)7-10)15(23)21-3-5-22(6-4-21)16(24)13-9-25-14(8-19)20-13;/h1-2,7,9H,3-6,8,19H2;1H. The van der Waals surface area contributed by atoms with E-state index in [0.29, 0.717) is 54.0 Å². The molecule has 2 N–H and O–H groups in total. The SMILES string of the molecule is Cl.NCc1nc(C(=O)N2CCN(C(=O)c3ccc(Cl)cc3Cl)CC2)cs1. The highest BCUT2D eigenvalue weighted by Crippen LogP contribution is 2.23. The molecule has 0 bridgehead atoms. The molecule has 1 aromatic carbocycles. The van der Waals surface area contributed by atoms with Crippen LogP contribution in [0.1, 0.15) is 25.9 Å². The Bertz CT molecular complexity index is 807. The van der Waals surface area contributed by atoms with Crippen LogP contribution < -0.4 is 5.73 Å². The monoisotopic (exact) mass is 434 g/mol. The Balaban J connectivity index is 0.00000243. The van der Waals surface area contributed by atoms with Gasteiger partial charge in [-0.2, -0.15) is 0 Å². The molecule has 1 aliphatic heterocycles. The predicted molar refractivity (Wildman–Crippen MR) is 106 cm³/mol. The molecule has 1 saturated heterocycles. The quantitative estimate of drug-likeness (QED) is 0.804. The molecule has 0 unspecified atom stereocenters. The van der Waals surface area contributed by atoms with Crippen molar-refractivity contribution in [2.75, 3.05) is 26.2 Å². The second-order valence-corrected chi connectivity index (χ2v) is 7.33. The highest BCUT2D eigenvalue weighted by atomic mass is 35.5. The Morgan fingerprint density at radius 1 is 1.12 bits per heavy atom. The minimum atomic E-state index is -0.159. The van der Waals surface area contributed by atoms with E-state index < -0.39 is 0 Å². The van der Waals surface area contributed by atoms with E-state index in [4.69, 9.17) is 28.9 Å². The highest BCUT2D eigenvalue weighted by molar-refractivity contribution is 7.09. The third-order valence-electron chi connectivity index (χ3n) is 3.96. The van der Waals surface area contributed by atoms with Crippen LogP contribution in [0, 0.1) is 0 Å². The van der Waals surface area contributed by atoms with Crippen molar-refractivity contribution in [2.45, 2.75) is 6.54 Å². The van der Waals surface area contributed by atoms with Crippen molar-refractivity contribution in [3.63, 3.8) is 0 Å². The van der Waals surface area contributed by atoms with E-state index in [2.05, 4.69) is 4.98 Å². The second-order valence-electron chi connectivity index (χ2n) is 5.54. The Labute approximate surface area is 171 Å². The molecule has 1 aliphatic rings. The minimum Gasteiger partial charge on any atom is -0.335 e. The van der Waals surface area contributed by atoms with Crippen molar-refractivity contribution in [3.8, 4) is 0 Å². The van der Waals surface area contributed by atoms with Gasteiger partial charge in [0.1, 0.15) is 10.7 Å². The third kappa shape index (κ3) is 4.47. The largest absolute Gasteiger partial charge is 0.335 e. The number of hydrogen-bond acceptors (Lipinski definition) is 5. The fourth-order valence-corrected chi connectivity index (χ4v) is 3.75. The molecule has 140 valence electrons. The Morgan fingerprint density at radius 3 is 2.27 bits per heavy atom. The normalized spacial score (nSPS) is 14.1. The van der Waals surface area contributed by atoms with Crippen molar-refractivity contribution in [1.82, 2.24) is 14.8 Å². The summed E-state index contributed by atoms with van der Waals surface area (Å²) in [6.45, 7) is 2.10. The summed E-state index contributed by atoms with van der Waals surface area (Å²) in [7, 11) is 0. The van der Waals surface area contributed by atoms with Crippen molar-refractivity contribution < 1.29 is 9.59 Å². The summed E-state index contributed by atoms with van der Waals surface area (Å²) in [4.78, 5) is 32.6. The maximum atomic E-state index is 12.6. The Kier molecular flexibility index (Phi) is 7.25. The molecule has 0 aliphatic carbocycles. The van der Waals surface area contributed by atoms with Crippen LogP contribution >= 0.6 is 46.9 Å². The molecule has 2 aromatic rings. The predicted octanol–water partition coefficient (Wildman–Crippen LogP) is 2.93. The van der Waals surface area contributed by atoms with E-state index in [9.17, 15) is 9.59 Å². The Hall–Kier alpha value is -1.38. The first kappa shape index (κ1) is 20.9. The number of carbonyl (C=O) groups excluding carboxylic acids is 2. The number of aromatic nitrogens is 1. The summed E-state index contributed by atoms with van der Waals surface area (Å²) in [5.74, 6) is -0.291. The number of rotatable bonds is 3. The molecule has 0 spiro atoms. The molecule has 1 aromatic heterocycles. The van der Waals surface area contributed by atoms with E-state index in [-0.39, 0.29) is 24.2 Å². The van der Waals surface area contributed by atoms with E-state index in [1.54, 1.807) is 33.4 Å². The van der Waals surface area contributed by atoms with Gasteiger partial charge in [0, 0.05) is 43.1 Å². The zero-order valence-corrected chi connectivity index (χ0v) is 16.8. The molecule has 0 radical (unpaired) electrons. The molecule has 10 heteroatoms. The van der Waals surface area contributed by atoms with Crippen LogP contribution in [0.5, 0.6) is 0 Å². The van der Waals surface area contributed by atoms with Gasteiger partial charge in [-0.25, -0.2) is 4.98 Å². The van der Waals surface area contributed by atoms with Gasteiger partial charge in [-0.3, -0.25) is 9.59 Å². The van der Waals surface area contributed by atoms with Gasteiger partial charge in [0.15, 0.2) is 0 Å². The summed E-state index contributed by atoms with van der Waals surface area (Å²) >= 11 is 13.3. The average molecular weight is 436 g/mol. The average Bonchev–Trinajstić information content (AvgIpc) is 3.10. The number of thiazole rings is 1. The highest BCUT2D eigenvalue weighted by Gasteiger charge is 2.27. The van der Waals surface area contributed by atoms with Crippen LogP contribution in [-0.4, -0.2) is 52.8 Å². The van der Waals surface area contributed by atoms with E-state index in [1.165, 1.54) is 11.3 Å². The van der Waals surface area contributed by atoms with Crippen LogP contribution in [0.2, 0.25) is 10.0 Å². The van der Waals surface area contributed by atoms with Gasteiger partial charge in [0.05, 0.1) is 10.6 Å². The number of nitrogens with two attached hydrogens (primary N) is 1. The molecule has 2 amide bonds. The summed E-state index contributed by atoms with van der Waals surface area (Å²) in [5, 5.41) is 3.26. The smallest absolute Gasteiger partial charge is 0.273 e. The van der Waals surface area contributed by atoms with Crippen LogP contribution in [0.3, 0.4) is 0 Å². The third-order valence-corrected chi connectivity index (χ3v) is 5.38. The number of hydrogen-bond donors (Lipinski definition) is 1. The van der Waals surface area contributed by atoms with Gasteiger partial charge in [0.2, 0.25) is 0 Å². The van der Waals surface area contributed by atoms with E-state index in [1.807, 2.05) is 0 Å². The van der Waals surface area contributed by atoms with Gasteiger partial charge in [0.25, 0.3) is 11.8 Å². The van der Waals surface area contributed by atoms with Crippen LogP contribution in [0.25, 0.3) is 0 Å². The molecule has 1 fully saturated rings. The lowest BCUT2D eigenvalue weighted by molar-refractivity contribution is 0.0532. The first-order valence-electron chi connectivity index (χ1n) is 7.67. The fraction of sp³-hybridized carbons (Fsp3) is 0.312. The fourth-order valence-electron chi connectivity index (χ4n) is 2.61. The van der Waals surface area contributed by atoms with Gasteiger partial charge >= 0.3 is 0 Å². The van der Waals surface area contributed by atoms with Crippen molar-refractivity contribution in [3.05, 3.63) is 49.9 Å². The Morgan fingerprint density at radius 2 is 1.73 bits per heavy atom. The lowest BCUT2D eigenvalue weighted by atomic mass is 10.1. The molecular formula is C16H17Cl3N4O2S. The zero-order valence-electron chi connectivity index (χ0n) is 13.7. The molecular weight excluding hydrogens is 419 g/mol. The van der Waals surface area contributed by atoms with E-state index in [0.717, 1.165) is 5.01 Å². The minimum absolute atomic E-state index is 0. The number of benzene rings is 1. The molecule has 3 rings (SSSR count). The summed E-state index contributed by atoms with van der Waals surface area (Å²) in [5.41, 5.74) is 6.35. The maximum Gasteiger partial charge on any atom is 0.273 e. The lowest BCUT2D eigenvalue weighted by Crippen LogP contribution is -2.50. The first-order valence-corrected chi connectivity index (χ1v) is 9.31. The van der Waals surface area contributed by atoms with Gasteiger partial charge in [-0.15, -0.1) is 23.7 Å². The van der Waals surface area contributed by atoms with Crippen LogP contribution in [0.4, 0.5) is 0 Å². The molecule has 0 atom stereocenters. The summed E-state index contributed by atoms with van der Waals surface area (Å²) in [6.07, 6.45) is 0. The van der Waals surface area contributed by atoms with Crippen LogP contribution in [-0.2, 0) is 6.54 Å². The molecule has 0 saturated carbocycles. The topological polar surface area (TPSA) is 79.5 Å². The van der Waals surface area contributed by atoms with Gasteiger partial charge in [-0.1, -0.05) is 23.2 Å². The number of piperazine rings is 1. The zero-order chi connectivity index (χ0) is 18.0. The molecule has 2 heterocycles. The van der Waals surface area contributed by atoms with Crippen molar-refractivity contribution in [1.29, 1.82) is 0 Å². The maximum absolute atomic E-state index is 12.6. The van der Waals surface area contributed by atoms with Crippen molar-refractivity contribution >= 4 is 58.8 Å². The number of nitrogens with zero attached hydrogens (tertiary/aromatic N) is 3. The molecule has 26 heavy (non-hydrogen) atoms. The van der Waals surface area contributed by atoms with Crippen molar-refractivity contribution in [2.24, 2.45) is 5.73 Å². The summed E-state index contributed by atoms with van der Waals surface area (Å²) < 4.78 is 0. The number of halogens is 3. The van der Waals surface area contributed by atoms with Crippen LogP contribution in [0.15, 0.2) is 23.6 Å². The number of carbonyl (C=O) groups is 2. The number of amides is 2. The lowest BCUT2D eigenvalue weighted by Gasteiger charge is -2.34.